The third-order valence-electron chi connectivity index (χ3n) is 4.99. The first-order valence-electron chi connectivity index (χ1n) is 8.34. The molecule has 2 fully saturated rings. The topological polar surface area (TPSA) is 83.7 Å². The van der Waals surface area contributed by atoms with Gasteiger partial charge in [0.1, 0.15) is 0 Å². The van der Waals surface area contributed by atoms with E-state index in [-0.39, 0.29) is 36.3 Å². The Hall–Kier alpha value is -0.370. The smallest absolute Gasteiger partial charge is 0.225 e. The van der Waals surface area contributed by atoms with E-state index in [4.69, 9.17) is 5.73 Å². The third kappa shape index (κ3) is 5.31. The summed E-state index contributed by atoms with van der Waals surface area (Å²) in [4.78, 5) is 14.5. The Labute approximate surface area is 146 Å². The number of nitrogens with zero attached hydrogens (tertiary/aromatic N) is 2. The summed E-state index contributed by atoms with van der Waals surface area (Å²) >= 11 is 0. The second kappa shape index (κ2) is 8.65. The van der Waals surface area contributed by atoms with Crippen LogP contribution in [0.3, 0.4) is 0 Å². The summed E-state index contributed by atoms with van der Waals surface area (Å²) < 4.78 is 25.1. The second-order valence-electron chi connectivity index (χ2n) is 6.65. The van der Waals surface area contributed by atoms with Crippen LogP contribution in [0.4, 0.5) is 0 Å². The molecule has 0 aromatic carbocycles. The molecule has 0 aromatic rings. The van der Waals surface area contributed by atoms with E-state index in [0.717, 1.165) is 38.5 Å². The summed E-state index contributed by atoms with van der Waals surface area (Å²) in [6.45, 7) is 3.67. The number of halogens is 1. The molecule has 0 bridgehead atoms. The van der Waals surface area contributed by atoms with Gasteiger partial charge in [-0.15, -0.1) is 12.4 Å². The lowest BCUT2D eigenvalue weighted by Gasteiger charge is -2.39. The SMILES string of the molecule is CCN(C1CCN(C(=O)C2CCCC(N)C2)CC1)S(C)(=O)=O.Cl. The summed E-state index contributed by atoms with van der Waals surface area (Å²) in [5.74, 6) is 0.286. The van der Waals surface area contributed by atoms with Gasteiger partial charge in [-0.1, -0.05) is 13.3 Å². The molecule has 0 spiro atoms. The molecule has 1 aliphatic heterocycles. The van der Waals surface area contributed by atoms with Crippen LogP contribution in [0.2, 0.25) is 0 Å². The summed E-state index contributed by atoms with van der Waals surface area (Å²) in [5, 5.41) is 0. The number of amides is 1. The molecule has 0 aromatic heterocycles. The molecule has 1 saturated heterocycles. The fraction of sp³-hybridized carbons (Fsp3) is 0.933. The molecule has 2 rings (SSSR count). The van der Waals surface area contributed by atoms with Gasteiger partial charge in [0.15, 0.2) is 0 Å². The summed E-state index contributed by atoms with van der Waals surface area (Å²) in [6.07, 6.45) is 6.51. The molecule has 1 aliphatic carbocycles. The molecule has 1 heterocycles. The third-order valence-corrected chi connectivity index (χ3v) is 6.39. The number of carbonyl (C=O) groups excluding carboxylic acids is 1. The van der Waals surface area contributed by atoms with Gasteiger partial charge < -0.3 is 10.6 Å². The van der Waals surface area contributed by atoms with Crippen molar-refractivity contribution in [3.63, 3.8) is 0 Å². The minimum atomic E-state index is -3.17. The lowest BCUT2D eigenvalue weighted by Crippen LogP contribution is -2.50. The minimum Gasteiger partial charge on any atom is -0.342 e. The van der Waals surface area contributed by atoms with Crippen LogP contribution in [0, 0.1) is 5.92 Å². The predicted octanol–water partition coefficient (Wildman–Crippen LogP) is 1.20. The van der Waals surface area contributed by atoms with Gasteiger partial charge in [0.05, 0.1) is 6.26 Å². The van der Waals surface area contributed by atoms with E-state index in [2.05, 4.69) is 0 Å². The molecule has 136 valence electrons. The fourth-order valence-electron chi connectivity index (χ4n) is 3.85. The van der Waals surface area contributed by atoms with E-state index in [1.807, 2.05) is 11.8 Å². The number of hydrogen-bond acceptors (Lipinski definition) is 4. The van der Waals surface area contributed by atoms with Crippen molar-refractivity contribution >= 4 is 28.3 Å². The van der Waals surface area contributed by atoms with Crippen molar-refractivity contribution in [2.75, 3.05) is 25.9 Å². The summed E-state index contributed by atoms with van der Waals surface area (Å²) in [6, 6.07) is 0.179. The highest BCUT2D eigenvalue weighted by Crippen LogP contribution is 2.27. The molecule has 0 radical (unpaired) electrons. The van der Waals surface area contributed by atoms with Crippen LogP contribution in [-0.2, 0) is 14.8 Å². The van der Waals surface area contributed by atoms with Crippen molar-refractivity contribution in [2.45, 2.75) is 57.5 Å². The Morgan fingerprint density at radius 1 is 1.22 bits per heavy atom. The van der Waals surface area contributed by atoms with E-state index in [0.29, 0.717) is 19.6 Å². The molecule has 1 saturated carbocycles. The maximum Gasteiger partial charge on any atom is 0.225 e. The van der Waals surface area contributed by atoms with Gasteiger partial charge in [-0.3, -0.25) is 4.79 Å². The molecular weight excluding hydrogens is 338 g/mol. The standard InChI is InChI=1S/C15H29N3O3S.ClH/c1-3-18(22(2,20)21)14-7-9-17(10-8-14)15(19)12-5-4-6-13(16)11-12;/h12-14H,3-11,16H2,1-2H3;1H. The Kier molecular flexibility index (Phi) is 7.77. The molecule has 2 aliphatic rings. The summed E-state index contributed by atoms with van der Waals surface area (Å²) in [5.41, 5.74) is 5.98. The monoisotopic (exact) mass is 367 g/mol. The molecule has 2 atom stereocenters. The van der Waals surface area contributed by atoms with Gasteiger partial charge in [0, 0.05) is 37.6 Å². The number of sulfonamides is 1. The van der Waals surface area contributed by atoms with Crippen molar-refractivity contribution in [3.05, 3.63) is 0 Å². The van der Waals surface area contributed by atoms with E-state index in [1.54, 1.807) is 4.31 Å². The van der Waals surface area contributed by atoms with Gasteiger partial charge in [0.25, 0.3) is 0 Å². The molecule has 23 heavy (non-hydrogen) atoms. The molecular formula is C15H30ClN3O3S. The largest absolute Gasteiger partial charge is 0.342 e. The molecule has 2 N–H and O–H groups in total. The highest BCUT2D eigenvalue weighted by atomic mass is 35.5. The normalized spacial score (nSPS) is 26.9. The zero-order chi connectivity index (χ0) is 16.3. The number of nitrogens with two attached hydrogens (primary N) is 1. The first-order chi connectivity index (χ1) is 10.3. The van der Waals surface area contributed by atoms with Gasteiger partial charge in [-0.25, -0.2) is 8.42 Å². The Balaban J connectivity index is 0.00000264. The van der Waals surface area contributed by atoms with Crippen LogP contribution < -0.4 is 5.73 Å². The van der Waals surface area contributed by atoms with Gasteiger partial charge >= 0.3 is 0 Å². The number of carbonyl (C=O) groups is 1. The van der Waals surface area contributed by atoms with E-state index < -0.39 is 10.0 Å². The Morgan fingerprint density at radius 3 is 2.30 bits per heavy atom. The van der Waals surface area contributed by atoms with E-state index >= 15 is 0 Å². The molecule has 2 unspecified atom stereocenters. The van der Waals surface area contributed by atoms with Crippen LogP contribution in [0.25, 0.3) is 0 Å². The van der Waals surface area contributed by atoms with Gasteiger partial charge in [-0.05, 0) is 32.1 Å². The number of likely N-dealkylation sites (tertiary alicyclic amines) is 1. The van der Waals surface area contributed by atoms with Gasteiger partial charge in [-0.2, -0.15) is 4.31 Å². The average molecular weight is 368 g/mol. The minimum absolute atomic E-state index is 0. The van der Waals surface area contributed by atoms with Crippen LogP contribution in [0.1, 0.15) is 45.4 Å². The first-order valence-corrected chi connectivity index (χ1v) is 10.2. The summed E-state index contributed by atoms with van der Waals surface area (Å²) in [7, 11) is -3.17. The predicted molar refractivity (Wildman–Crippen MR) is 94.0 cm³/mol. The van der Waals surface area contributed by atoms with Crippen molar-refractivity contribution < 1.29 is 13.2 Å². The Bertz CT molecular complexity index is 492. The first kappa shape index (κ1) is 20.7. The lowest BCUT2D eigenvalue weighted by atomic mass is 9.85. The van der Waals surface area contributed by atoms with Crippen LogP contribution in [0.15, 0.2) is 0 Å². The van der Waals surface area contributed by atoms with E-state index in [9.17, 15) is 13.2 Å². The number of rotatable bonds is 4. The van der Waals surface area contributed by atoms with E-state index in [1.165, 1.54) is 6.26 Å². The number of hydrogen-bond donors (Lipinski definition) is 1. The average Bonchev–Trinajstić information content (AvgIpc) is 2.46. The molecule has 8 heteroatoms. The Morgan fingerprint density at radius 2 is 1.83 bits per heavy atom. The van der Waals surface area contributed by atoms with Crippen molar-refractivity contribution in [1.82, 2.24) is 9.21 Å². The highest BCUT2D eigenvalue weighted by Gasteiger charge is 2.34. The zero-order valence-corrected chi connectivity index (χ0v) is 15.7. The fourth-order valence-corrected chi connectivity index (χ4v) is 5.07. The van der Waals surface area contributed by atoms with Crippen molar-refractivity contribution in [1.29, 1.82) is 0 Å². The molecule has 1 amide bonds. The molecule has 6 nitrogen and oxygen atoms in total. The number of piperidine rings is 1. The maximum absolute atomic E-state index is 12.6. The van der Waals surface area contributed by atoms with Crippen molar-refractivity contribution in [3.8, 4) is 0 Å². The van der Waals surface area contributed by atoms with Gasteiger partial charge in [0.2, 0.25) is 15.9 Å². The highest BCUT2D eigenvalue weighted by molar-refractivity contribution is 7.88. The second-order valence-corrected chi connectivity index (χ2v) is 8.58. The van der Waals surface area contributed by atoms with Crippen LogP contribution >= 0.6 is 12.4 Å². The zero-order valence-electron chi connectivity index (χ0n) is 14.1. The van der Waals surface area contributed by atoms with Crippen molar-refractivity contribution in [2.24, 2.45) is 11.7 Å². The van der Waals surface area contributed by atoms with Crippen LogP contribution in [0.5, 0.6) is 0 Å². The maximum atomic E-state index is 12.6. The quantitative estimate of drug-likeness (QED) is 0.809. The lowest BCUT2D eigenvalue weighted by molar-refractivity contribution is -0.138. The van der Waals surface area contributed by atoms with Crippen LogP contribution in [-0.4, -0.2) is 61.5 Å².